The van der Waals surface area contributed by atoms with E-state index >= 15 is 0 Å². The quantitative estimate of drug-likeness (QED) is 0.0905. The maximum absolute atomic E-state index is 2.25. The van der Waals surface area contributed by atoms with Crippen LogP contribution in [0, 0.1) is 0 Å². The van der Waals surface area contributed by atoms with E-state index in [-0.39, 0.29) is 0 Å². The fourth-order valence-electron chi connectivity index (χ4n) is 6.30. The molecule has 0 nitrogen and oxygen atoms in total. The fourth-order valence-corrected chi connectivity index (χ4v) is 13.1. The van der Waals surface area contributed by atoms with Gasteiger partial charge in [0.15, 0.2) is 0 Å². The highest BCUT2D eigenvalue weighted by atomic mass is 32.1. The van der Waals surface area contributed by atoms with E-state index in [1.54, 1.807) is 102 Å². The van der Waals surface area contributed by atoms with Gasteiger partial charge in [-0.1, -0.05) is 97.2 Å². The van der Waals surface area contributed by atoms with E-state index in [4.69, 9.17) is 0 Å². The van der Waals surface area contributed by atoms with Gasteiger partial charge in [0, 0.05) is 0 Å². The number of hydrogen-bond acceptors (Lipinski definition) is 9. The zero-order valence-electron chi connectivity index (χ0n) is 32.5. The molecule has 0 bridgehead atoms. The van der Waals surface area contributed by atoms with Crippen LogP contribution in [0.1, 0.15) is 89.0 Å². The molecule has 0 spiro atoms. The molecular formula is C52H36S9. The molecule has 9 rings (SSSR count). The van der Waals surface area contributed by atoms with Gasteiger partial charge in [0.05, 0.1) is 0 Å². The highest BCUT2D eigenvalue weighted by molar-refractivity contribution is 7.10. The lowest BCUT2D eigenvalue weighted by atomic mass is 10.1. The van der Waals surface area contributed by atoms with Crippen molar-refractivity contribution in [1.29, 1.82) is 0 Å². The van der Waals surface area contributed by atoms with Gasteiger partial charge < -0.3 is 0 Å². The summed E-state index contributed by atoms with van der Waals surface area (Å²) in [4.78, 5) is 0. The molecule has 0 amide bonds. The Labute approximate surface area is 393 Å². The zero-order valence-corrected chi connectivity index (χ0v) is 39.8. The molecule has 9 heterocycles. The largest absolute Gasteiger partial charge is 0.152 e. The fraction of sp³-hybridized carbons (Fsp3) is 0. The van der Waals surface area contributed by atoms with Gasteiger partial charge in [-0.15, -0.1) is 0 Å². The molecule has 0 atom stereocenters. The smallest absolute Gasteiger partial charge is 0.00145 e. The average Bonchev–Trinajstić information content (AvgIpc) is 4.12. The summed E-state index contributed by atoms with van der Waals surface area (Å²) in [6, 6.07) is 4.30. The molecule has 9 aromatic rings. The molecule has 61 heavy (non-hydrogen) atoms. The van der Waals surface area contributed by atoms with E-state index in [1.807, 2.05) is 0 Å². The van der Waals surface area contributed by atoms with E-state index in [1.165, 1.54) is 89.0 Å². The van der Waals surface area contributed by atoms with Gasteiger partial charge in [-0.3, -0.25) is 0 Å². The van der Waals surface area contributed by atoms with Crippen LogP contribution >= 0.6 is 102 Å². The molecular weight excluding hydrogens is 913 g/mol. The van der Waals surface area contributed by atoms with Crippen molar-refractivity contribution in [3.05, 3.63) is 198 Å². The van der Waals surface area contributed by atoms with Crippen molar-refractivity contribution in [2.75, 3.05) is 0 Å². The van der Waals surface area contributed by atoms with Gasteiger partial charge in [-0.25, -0.2) is 0 Å². The van der Waals surface area contributed by atoms with Crippen LogP contribution in [0.15, 0.2) is 109 Å². The summed E-state index contributed by atoms with van der Waals surface area (Å²) in [5.74, 6) is 0. The molecule has 298 valence electrons. The van der Waals surface area contributed by atoms with Crippen molar-refractivity contribution in [2.24, 2.45) is 0 Å². The summed E-state index contributed by atoms with van der Waals surface area (Å²) in [5, 5.41) is 39.8. The molecule has 0 radical (unpaired) electrons. The molecule has 0 fully saturated rings. The zero-order chi connectivity index (χ0) is 41.1. The summed E-state index contributed by atoms with van der Waals surface area (Å²) in [6.07, 6.45) is 35.7. The van der Waals surface area contributed by atoms with Gasteiger partial charge in [-0.2, -0.15) is 102 Å². The topological polar surface area (TPSA) is 0 Å². The molecule has 0 aliphatic carbocycles. The predicted octanol–water partition coefficient (Wildman–Crippen LogP) is 19.6. The first-order valence-electron chi connectivity index (χ1n) is 19.1. The second kappa shape index (κ2) is 20.9. The number of hydrogen-bond donors (Lipinski definition) is 0. The third kappa shape index (κ3) is 11.0. The maximum Gasteiger partial charge on any atom is -0.00145 e. The minimum Gasteiger partial charge on any atom is -0.152 e. The van der Waals surface area contributed by atoms with Crippen LogP contribution in [0.4, 0.5) is 0 Å². The molecule has 0 aliphatic heterocycles. The summed E-state index contributed by atoms with van der Waals surface area (Å²) in [5.41, 5.74) is 19.8. The lowest BCUT2D eigenvalue weighted by Crippen LogP contribution is -1.77. The summed E-state index contributed by atoms with van der Waals surface area (Å²) in [6.45, 7) is 0. The standard InChI is InChI=1S/C52H36S9/c1(37-17-19-53-21-37)3-39-23-55-25-41(39)5-7-43-27-57-29-45(43)9-11-47-31-59-33-49(47)13-15-51-35-61-36-52(51)16-14-50-34-60-32-48(50)12-10-46-30-58-28-44(46)8-6-42-26-56-24-40(42)4-2-38-18-20-54-22-38/h1-36H/b3-1+,4-2+,7-5+,8-6+,11-9+,12-10+,15-13+,16-14+. The molecule has 0 aliphatic rings. The summed E-state index contributed by atoms with van der Waals surface area (Å²) < 4.78 is 0. The molecule has 0 unspecified atom stereocenters. The lowest BCUT2D eigenvalue weighted by molar-refractivity contribution is 1.75. The molecule has 0 saturated carbocycles. The van der Waals surface area contributed by atoms with E-state index in [0.29, 0.717) is 0 Å². The van der Waals surface area contributed by atoms with Crippen LogP contribution in [0.5, 0.6) is 0 Å². The number of rotatable bonds is 16. The first-order valence-corrected chi connectivity index (χ1v) is 27.6. The summed E-state index contributed by atoms with van der Waals surface area (Å²) in [7, 11) is 0. The van der Waals surface area contributed by atoms with Gasteiger partial charge in [0.2, 0.25) is 0 Å². The lowest BCUT2D eigenvalue weighted by Gasteiger charge is -1.97. The Hall–Kier alpha value is -4.78. The number of thiophene rings is 9. The van der Waals surface area contributed by atoms with Gasteiger partial charge in [0.25, 0.3) is 0 Å². The van der Waals surface area contributed by atoms with Crippen molar-refractivity contribution in [3.63, 3.8) is 0 Å². The van der Waals surface area contributed by atoms with Crippen LogP contribution < -0.4 is 0 Å². The average molecular weight is 949 g/mol. The van der Waals surface area contributed by atoms with Crippen LogP contribution in [-0.4, -0.2) is 0 Å². The Balaban J connectivity index is 0.834. The second-order valence-corrected chi connectivity index (χ2v) is 20.5. The summed E-state index contributed by atoms with van der Waals surface area (Å²) >= 11 is 15.6. The predicted molar refractivity (Wildman–Crippen MR) is 290 cm³/mol. The van der Waals surface area contributed by atoms with Gasteiger partial charge in [-0.05, 0) is 198 Å². The van der Waals surface area contributed by atoms with Gasteiger partial charge in [0.1, 0.15) is 0 Å². The highest BCUT2D eigenvalue weighted by Crippen LogP contribution is 2.30. The molecule has 9 aromatic heterocycles. The van der Waals surface area contributed by atoms with Crippen LogP contribution in [0.25, 0.3) is 97.2 Å². The van der Waals surface area contributed by atoms with E-state index in [9.17, 15) is 0 Å². The van der Waals surface area contributed by atoms with Crippen molar-refractivity contribution < 1.29 is 0 Å². The van der Waals surface area contributed by atoms with Crippen molar-refractivity contribution >= 4 is 199 Å². The highest BCUT2D eigenvalue weighted by Gasteiger charge is 2.06. The van der Waals surface area contributed by atoms with Crippen LogP contribution in [0.3, 0.4) is 0 Å². The molecule has 0 saturated heterocycles. The Morgan fingerprint density at radius 2 is 0.344 bits per heavy atom. The van der Waals surface area contributed by atoms with E-state index < -0.39 is 0 Å². The van der Waals surface area contributed by atoms with E-state index in [2.05, 4.69) is 206 Å². The van der Waals surface area contributed by atoms with Crippen LogP contribution in [0.2, 0.25) is 0 Å². The Morgan fingerprint density at radius 1 is 0.180 bits per heavy atom. The van der Waals surface area contributed by atoms with Crippen LogP contribution in [-0.2, 0) is 0 Å². The second-order valence-electron chi connectivity index (χ2n) is 13.8. The normalized spacial score (nSPS) is 12.7. The SMILES string of the molecule is C(=C\c1cscc1/C=C/c1cscc1/C=C/c1cscc1/C=C/c1cscc1/C=C/c1cscc1/C=C/c1cscc1/C=C/c1cscc1/C=C/c1ccsc1)/c1ccsc1. The third-order valence-corrected chi connectivity index (χ3v) is 16.6. The third-order valence-electron chi connectivity index (χ3n) is 9.72. The van der Waals surface area contributed by atoms with E-state index in [0.717, 1.165) is 0 Å². The Kier molecular flexibility index (Phi) is 14.2. The first-order chi connectivity index (χ1) is 30.2. The van der Waals surface area contributed by atoms with Crippen molar-refractivity contribution in [2.45, 2.75) is 0 Å². The minimum absolute atomic E-state index is 1.23. The minimum atomic E-state index is 1.23. The Morgan fingerprint density at radius 3 is 0.492 bits per heavy atom. The van der Waals surface area contributed by atoms with Gasteiger partial charge >= 0.3 is 0 Å². The Bertz CT molecular complexity index is 2820. The maximum atomic E-state index is 2.25. The van der Waals surface area contributed by atoms with Crippen molar-refractivity contribution in [3.8, 4) is 0 Å². The molecule has 0 N–H and O–H groups in total. The molecule has 0 aromatic carbocycles. The first kappa shape index (κ1) is 41.6. The van der Waals surface area contributed by atoms with Crippen molar-refractivity contribution in [1.82, 2.24) is 0 Å². The monoisotopic (exact) mass is 948 g/mol. The molecule has 9 heteroatoms.